The Morgan fingerprint density at radius 3 is 2.88 bits per heavy atom. The Morgan fingerprint density at radius 2 is 2.08 bits per heavy atom. The van der Waals surface area contributed by atoms with Crippen molar-refractivity contribution in [2.45, 2.75) is 26.2 Å². The molecule has 128 valence electrons. The molecule has 2 aromatic heterocycles. The molecule has 3 heterocycles. The largest absolute Gasteiger partial charge is 0.493 e. The van der Waals surface area contributed by atoms with Crippen LogP contribution in [0.15, 0.2) is 40.8 Å². The number of aryl methyl sites for hydroxylation is 1. The molecule has 1 aliphatic heterocycles. The van der Waals surface area contributed by atoms with Crippen molar-refractivity contribution < 1.29 is 13.9 Å². The number of benzene rings is 1. The molecule has 6 nitrogen and oxygen atoms in total. The molecular weight excluding hydrogens is 318 g/mol. The molecule has 6 heteroatoms. The van der Waals surface area contributed by atoms with E-state index in [9.17, 15) is 4.79 Å². The van der Waals surface area contributed by atoms with Gasteiger partial charge in [0, 0.05) is 11.1 Å². The summed E-state index contributed by atoms with van der Waals surface area (Å²) < 4.78 is 11.3. The predicted octanol–water partition coefficient (Wildman–Crippen LogP) is 3.79. The zero-order chi connectivity index (χ0) is 17.4. The molecule has 1 atom stereocenters. The number of carbonyl (C=O) groups excluding carboxylic acids is 1. The number of rotatable bonds is 3. The number of aromatic amines is 1. The summed E-state index contributed by atoms with van der Waals surface area (Å²) in [7, 11) is 0. The molecule has 0 saturated carbocycles. The second-order valence-electron chi connectivity index (χ2n) is 6.20. The molecule has 0 saturated heterocycles. The molecule has 4 rings (SSSR count). The number of ether oxygens (including phenoxy) is 1. The van der Waals surface area contributed by atoms with Crippen molar-refractivity contribution in [2.24, 2.45) is 0 Å². The van der Waals surface area contributed by atoms with Gasteiger partial charge >= 0.3 is 0 Å². The van der Waals surface area contributed by atoms with Crippen LogP contribution in [-0.4, -0.2) is 22.7 Å². The van der Waals surface area contributed by atoms with E-state index in [0.29, 0.717) is 24.6 Å². The topological polar surface area (TPSA) is 80.2 Å². The van der Waals surface area contributed by atoms with E-state index < -0.39 is 0 Å². The highest BCUT2D eigenvalue weighted by Crippen LogP contribution is 2.35. The second kappa shape index (κ2) is 6.12. The molecule has 0 fully saturated rings. The first-order valence-corrected chi connectivity index (χ1v) is 8.28. The quantitative estimate of drug-likeness (QED) is 0.762. The molecule has 3 aromatic rings. The van der Waals surface area contributed by atoms with Crippen molar-refractivity contribution in [3.63, 3.8) is 0 Å². The lowest BCUT2D eigenvalue weighted by Crippen LogP contribution is -2.26. The van der Waals surface area contributed by atoms with Crippen molar-refractivity contribution in [1.29, 1.82) is 0 Å². The van der Waals surface area contributed by atoms with Crippen LogP contribution in [0.3, 0.4) is 0 Å². The monoisotopic (exact) mass is 337 g/mol. The third-order valence-electron chi connectivity index (χ3n) is 4.51. The van der Waals surface area contributed by atoms with E-state index in [1.807, 2.05) is 50.2 Å². The maximum absolute atomic E-state index is 12.8. The molecule has 1 unspecified atom stereocenters. The Morgan fingerprint density at radius 1 is 1.24 bits per heavy atom. The Kier molecular flexibility index (Phi) is 3.80. The van der Waals surface area contributed by atoms with Gasteiger partial charge in [-0.15, -0.1) is 0 Å². The van der Waals surface area contributed by atoms with Crippen LogP contribution in [0.1, 0.15) is 29.2 Å². The molecule has 1 amide bonds. The Hall–Kier alpha value is -3.02. The molecule has 1 aliphatic rings. The van der Waals surface area contributed by atoms with Crippen LogP contribution in [-0.2, 0) is 4.79 Å². The molecule has 0 bridgehead atoms. The van der Waals surface area contributed by atoms with E-state index in [1.54, 1.807) is 0 Å². The lowest BCUT2D eigenvalue weighted by molar-refractivity contribution is -0.118. The number of aromatic nitrogens is 2. The smallest absolute Gasteiger partial charge is 0.233 e. The lowest BCUT2D eigenvalue weighted by Gasteiger charge is -2.24. The molecule has 1 aromatic carbocycles. The highest BCUT2D eigenvalue weighted by molar-refractivity contribution is 5.96. The van der Waals surface area contributed by atoms with Crippen LogP contribution >= 0.6 is 0 Å². The van der Waals surface area contributed by atoms with Crippen LogP contribution in [0.5, 0.6) is 5.75 Å². The van der Waals surface area contributed by atoms with Gasteiger partial charge in [0.25, 0.3) is 0 Å². The minimum absolute atomic E-state index is 0.0764. The number of H-pyrrole nitrogens is 1. The van der Waals surface area contributed by atoms with Gasteiger partial charge in [0.1, 0.15) is 17.2 Å². The lowest BCUT2D eigenvalue weighted by atomic mass is 9.92. The molecule has 0 spiro atoms. The van der Waals surface area contributed by atoms with Gasteiger partial charge in [0.2, 0.25) is 5.91 Å². The van der Waals surface area contributed by atoms with Crippen molar-refractivity contribution in [1.82, 2.24) is 10.2 Å². The fourth-order valence-electron chi connectivity index (χ4n) is 3.15. The van der Waals surface area contributed by atoms with Gasteiger partial charge in [-0.1, -0.05) is 18.2 Å². The Balaban J connectivity index is 1.57. The van der Waals surface area contributed by atoms with Crippen molar-refractivity contribution in [3.05, 3.63) is 53.3 Å². The predicted molar refractivity (Wildman–Crippen MR) is 93.7 cm³/mol. The number of carbonyl (C=O) groups is 1. The van der Waals surface area contributed by atoms with E-state index in [4.69, 9.17) is 9.15 Å². The summed E-state index contributed by atoms with van der Waals surface area (Å²) in [5.74, 6) is 2.52. The summed E-state index contributed by atoms with van der Waals surface area (Å²) in [6.45, 7) is 4.33. The average Bonchev–Trinajstić information content (AvgIpc) is 3.20. The number of para-hydroxylation sites is 1. The van der Waals surface area contributed by atoms with E-state index in [1.165, 1.54) is 0 Å². The zero-order valence-electron chi connectivity index (χ0n) is 14.1. The maximum atomic E-state index is 12.8. The number of nitrogens with zero attached hydrogens (tertiary/aromatic N) is 1. The van der Waals surface area contributed by atoms with Gasteiger partial charge in [-0.3, -0.25) is 9.89 Å². The number of hydrogen-bond donors (Lipinski definition) is 2. The summed E-state index contributed by atoms with van der Waals surface area (Å²) in [5, 5.41) is 10.1. The highest BCUT2D eigenvalue weighted by Gasteiger charge is 2.28. The average molecular weight is 337 g/mol. The highest BCUT2D eigenvalue weighted by atomic mass is 16.5. The minimum Gasteiger partial charge on any atom is -0.493 e. The first-order chi connectivity index (χ1) is 12.1. The third kappa shape index (κ3) is 2.80. The van der Waals surface area contributed by atoms with Crippen LogP contribution in [0.4, 0.5) is 5.82 Å². The molecule has 2 N–H and O–H groups in total. The fourth-order valence-corrected chi connectivity index (χ4v) is 3.15. The number of anilines is 1. The molecular formula is C19H19N3O3. The number of amides is 1. The summed E-state index contributed by atoms with van der Waals surface area (Å²) in [6, 6.07) is 11.4. The van der Waals surface area contributed by atoms with E-state index in [-0.39, 0.29) is 11.8 Å². The summed E-state index contributed by atoms with van der Waals surface area (Å²) in [6.07, 6.45) is 0.649. The normalized spacial score (nSPS) is 16.2. The summed E-state index contributed by atoms with van der Waals surface area (Å²) in [4.78, 5) is 12.8. The second-order valence-corrected chi connectivity index (χ2v) is 6.20. The minimum atomic E-state index is -0.240. The van der Waals surface area contributed by atoms with Gasteiger partial charge in [0.05, 0.1) is 12.5 Å². The maximum Gasteiger partial charge on any atom is 0.233 e. The number of fused-ring (bicyclic) bond motifs is 1. The van der Waals surface area contributed by atoms with Crippen molar-refractivity contribution in [2.75, 3.05) is 11.9 Å². The molecule has 25 heavy (non-hydrogen) atoms. The van der Waals surface area contributed by atoms with E-state index in [2.05, 4.69) is 15.5 Å². The van der Waals surface area contributed by atoms with Crippen LogP contribution in [0, 0.1) is 13.8 Å². The SMILES string of the molecule is Cc1ccc(-c2[nH]nc(NC(=O)C3CCOc4ccccc43)c2C)o1. The summed E-state index contributed by atoms with van der Waals surface area (Å²) >= 11 is 0. The standard InChI is InChI=1S/C19H19N3O3/c1-11-7-8-16(25-11)17-12(2)18(22-21-17)20-19(23)14-9-10-24-15-6-4-3-5-13(14)15/h3-8,14H,9-10H2,1-2H3,(H2,20,21,22,23). The van der Waals surface area contributed by atoms with E-state index >= 15 is 0 Å². The van der Waals surface area contributed by atoms with Gasteiger partial charge < -0.3 is 14.5 Å². The van der Waals surface area contributed by atoms with E-state index in [0.717, 1.165) is 28.3 Å². The molecule has 0 radical (unpaired) electrons. The van der Waals surface area contributed by atoms with Crippen molar-refractivity contribution >= 4 is 11.7 Å². The fraction of sp³-hybridized carbons (Fsp3) is 0.263. The van der Waals surface area contributed by atoms with Gasteiger partial charge in [0.15, 0.2) is 11.6 Å². The van der Waals surface area contributed by atoms with Gasteiger partial charge in [-0.05, 0) is 38.5 Å². The van der Waals surface area contributed by atoms with Crippen molar-refractivity contribution in [3.8, 4) is 17.2 Å². The molecule has 0 aliphatic carbocycles. The van der Waals surface area contributed by atoms with Crippen LogP contribution < -0.4 is 10.1 Å². The first kappa shape index (κ1) is 15.5. The first-order valence-electron chi connectivity index (χ1n) is 8.28. The third-order valence-corrected chi connectivity index (χ3v) is 4.51. The Bertz CT molecular complexity index is 926. The number of furan rings is 1. The van der Waals surface area contributed by atoms with Gasteiger partial charge in [-0.25, -0.2) is 0 Å². The van der Waals surface area contributed by atoms with Gasteiger partial charge in [-0.2, -0.15) is 5.10 Å². The number of nitrogens with one attached hydrogen (secondary N) is 2. The summed E-state index contributed by atoms with van der Waals surface area (Å²) in [5.41, 5.74) is 2.54. The van der Waals surface area contributed by atoms with Crippen LogP contribution in [0.2, 0.25) is 0 Å². The van der Waals surface area contributed by atoms with Crippen LogP contribution in [0.25, 0.3) is 11.5 Å². The zero-order valence-corrected chi connectivity index (χ0v) is 14.1. The Labute approximate surface area is 145 Å². The number of hydrogen-bond acceptors (Lipinski definition) is 4.